The number of fused-ring (bicyclic) bond motifs is 2. The normalized spacial score (nSPS) is 11.1. The summed E-state index contributed by atoms with van der Waals surface area (Å²) in [6.45, 7) is 2.14. The van der Waals surface area contributed by atoms with Crippen molar-refractivity contribution in [3.05, 3.63) is 48.2 Å². The summed E-state index contributed by atoms with van der Waals surface area (Å²) in [5.74, 6) is 0. The quantitative estimate of drug-likeness (QED) is 0.573. The molecule has 0 amide bonds. The van der Waals surface area contributed by atoms with Crippen LogP contribution in [0.2, 0.25) is 0 Å². The Morgan fingerprint density at radius 3 is 2.81 bits per heavy atom. The minimum Gasteiger partial charge on any atom is -0.255 e. The lowest BCUT2D eigenvalue weighted by Crippen LogP contribution is -1.90. The second-order valence-corrected chi connectivity index (χ2v) is 3.87. The molecule has 16 heavy (non-hydrogen) atoms. The van der Waals surface area contributed by atoms with E-state index < -0.39 is 0 Å². The van der Waals surface area contributed by atoms with E-state index in [0.717, 1.165) is 28.4 Å². The van der Waals surface area contributed by atoms with Gasteiger partial charge in [-0.25, -0.2) is 4.98 Å². The number of para-hydroxylation sites is 1. The fourth-order valence-electron chi connectivity index (χ4n) is 2.01. The van der Waals surface area contributed by atoms with Crippen molar-refractivity contribution in [1.82, 2.24) is 9.97 Å². The molecule has 2 nitrogen and oxygen atoms in total. The number of aromatic nitrogens is 2. The molecule has 3 aromatic rings. The van der Waals surface area contributed by atoms with Gasteiger partial charge in [-0.3, -0.25) is 4.98 Å². The average molecular weight is 208 g/mol. The van der Waals surface area contributed by atoms with Crippen LogP contribution in [0.1, 0.15) is 12.5 Å². The summed E-state index contributed by atoms with van der Waals surface area (Å²) in [6.07, 6.45) is 2.85. The first-order valence-electron chi connectivity index (χ1n) is 5.52. The minimum absolute atomic E-state index is 0.984. The molecule has 0 bridgehead atoms. The molecule has 0 atom stereocenters. The molecule has 0 N–H and O–H groups in total. The maximum absolute atomic E-state index is 4.69. The highest BCUT2D eigenvalue weighted by Gasteiger charge is 2.03. The Morgan fingerprint density at radius 2 is 1.94 bits per heavy atom. The lowest BCUT2D eigenvalue weighted by Gasteiger charge is -2.04. The van der Waals surface area contributed by atoms with Gasteiger partial charge in [0.05, 0.1) is 16.6 Å². The van der Waals surface area contributed by atoms with Crippen LogP contribution in [0.4, 0.5) is 0 Å². The van der Waals surface area contributed by atoms with E-state index in [2.05, 4.69) is 29.0 Å². The molecule has 0 spiro atoms. The smallest absolute Gasteiger partial charge is 0.0926 e. The Balaban J connectivity index is 2.46. The summed E-state index contributed by atoms with van der Waals surface area (Å²) in [7, 11) is 0. The van der Waals surface area contributed by atoms with E-state index >= 15 is 0 Å². The Hall–Kier alpha value is -1.96. The predicted molar refractivity (Wildman–Crippen MR) is 66.4 cm³/mol. The molecule has 2 aromatic heterocycles. The van der Waals surface area contributed by atoms with Crippen LogP contribution in [0.3, 0.4) is 0 Å². The van der Waals surface area contributed by atoms with Crippen LogP contribution in [0, 0.1) is 0 Å². The molecule has 0 unspecified atom stereocenters. The SMILES string of the molecule is CCc1ccnc2cc3ccccc3nc12. The molecule has 78 valence electrons. The van der Waals surface area contributed by atoms with Crippen molar-refractivity contribution in [2.45, 2.75) is 13.3 Å². The number of nitrogens with zero attached hydrogens (tertiary/aromatic N) is 2. The molecule has 0 aliphatic carbocycles. The molecule has 0 saturated carbocycles. The van der Waals surface area contributed by atoms with Gasteiger partial charge in [-0.05, 0) is 30.2 Å². The zero-order valence-electron chi connectivity index (χ0n) is 9.14. The van der Waals surface area contributed by atoms with Crippen LogP contribution in [0.25, 0.3) is 21.9 Å². The third-order valence-corrected chi connectivity index (χ3v) is 2.88. The Labute approximate surface area is 94.0 Å². The molecule has 3 rings (SSSR count). The fraction of sp³-hybridized carbons (Fsp3) is 0.143. The number of pyridine rings is 2. The first kappa shape index (κ1) is 9.28. The first-order valence-corrected chi connectivity index (χ1v) is 5.52. The average Bonchev–Trinajstić information content (AvgIpc) is 2.35. The minimum atomic E-state index is 0.984. The maximum Gasteiger partial charge on any atom is 0.0926 e. The number of hydrogen-bond donors (Lipinski definition) is 0. The van der Waals surface area contributed by atoms with Crippen LogP contribution in [-0.4, -0.2) is 9.97 Å². The summed E-state index contributed by atoms with van der Waals surface area (Å²) < 4.78 is 0. The van der Waals surface area contributed by atoms with E-state index in [0.29, 0.717) is 0 Å². The van der Waals surface area contributed by atoms with Gasteiger partial charge in [0, 0.05) is 11.6 Å². The van der Waals surface area contributed by atoms with Crippen LogP contribution in [0.15, 0.2) is 42.6 Å². The molecule has 0 aliphatic rings. The Bertz CT molecular complexity index is 659. The van der Waals surface area contributed by atoms with Crippen molar-refractivity contribution in [2.24, 2.45) is 0 Å². The molecule has 1 aromatic carbocycles. The van der Waals surface area contributed by atoms with Gasteiger partial charge in [0.1, 0.15) is 0 Å². The van der Waals surface area contributed by atoms with Gasteiger partial charge in [0.2, 0.25) is 0 Å². The third-order valence-electron chi connectivity index (χ3n) is 2.88. The Kier molecular flexibility index (Phi) is 2.07. The zero-order chi connectivity index (χ0) is 11.0. The van der Waals surface area contributed by atoms with Gasteiger partial charge in [-0.15, -0.1) is 0 Å². The van der Waals surface area contributed by atoms with E-state index in [1.807, 2.05) is 30.5 Å². The van der Waals surface area contributed by atoms with Crippen molar-refractivity contribution >= 4 is 21.9 Å². The highest BCUT2D eigenvalue weighted by molar-refractivity contribution is 5.91. The summed E-state index contributed by atoms with van der Waals surface area (Å²) in [4.78, 5) is 9.06. The van der Waals surface area contributed by atoms with Crippen molar-refractivity contribution < 1.29 is 0 Å². The summed E-state index contributed by atoms with van der Waals surface area (Å²) >= 11 is 0. The van der Waals surface area contributed by atoms with Crippen molar-refractivity contribution in [1.29, 1.82) is 0 Å². The van der Waals surface area contributed by atoms with Crippen LogP contribution in [0.5, 0.6) is 0 Å². The van der Waals surface area contributed by atoms with E-state index in [-0.39, 0.29) is 0 Å². The van der Waals surface area contributed by atoms with Gasteiger partial charge in [0.15, 0.2) is 0 Å². The lowest BCUT2D eigenvalue weighted by atomic mass is 10.1. The fourth-order valence-corrected chi connectivity index (χ4v) is 2.01. The molecule has 0 radical (unpaired) electrons. The van der Waals surface area contributed by atoms with Gasteiger partial charge < -0.3 is 0 Å². The van der Waals surface area contributed by atoms with E-state index in [1.54, 1.807) is 0 Å². The molecule has 2 heterocycles. The summed E-state index contributed by atoms with van der Waals surface area (Å²) in [5.41, 5.74) is 4.32. The predicted octanol–water partition coefficient (Wildman–Crippen LogP) is 3.35. The van der Waals surface area contributed by atoms with Crippen molar-refractivity contribution in [3.8, 4) is 0 Å². The number of aryl methyl sites for hydroxylation is 1. The molecule has 0 saturated heterocycles. The number of rotatable bonds is 1. The van der Waals surface area contributed by atoms with Gasteiger partial charge in [0.25, 0.3) is 0 Å². The van der Waals surface area contributed by atoms with Crippen molar-refractivity contribution in [2.75, 3.05) is 0 Å². The Morgan fingerprint density at radius 1 is 1.06 bits per heavy atom. The van der Waals surface area contributed by atoms with Gasteiger partial charge in [-0.1, -0.05) is 25.1 Å². The third kappa shape index (κ3) is 1.34. The molecule has 0 aliphatic heterocycles. The largest absolute Gasteiger partial charge is 0.255 e. The monoisotopic (exact) mass is 208 g/mol. The van der Waals surface area contributed by atoms with Crippen LogP contribution in [-0.2, 0) is 6.42 Å². The standard InChI is InChI=1S/C14H12N2/c1-2-10-7-8-15-13-9-11-5-3-4-6-12(11)16-14(10)13/h3-9H,2H2,1H3. The van der Waals surface area contributed by atoms with Crippen LogP contribution < -0.4 is 0 Å². The second kappa shape index (κ2) is 3.56. The van der Waals surface area contributed by atoms with E-state index in [1.165, 1.54) is 5.56 Å². The van der Waals surface area contributed by atoms with E-state index in [9.17, 15) is 0 Å². The molecule has 2 heteroatoms. The van der Waals surface area contributed by atoms with Crippen molar-refractivity contribution in [3.63, 3.8) is 0 Å². The topological polar surface area (TPSA) is 25.8 Å². The van der Waals surface area contributed by atoms with E-state index in [4.69, 9.17) is 0 Å². The van der Waals surface area contributed by atoms with Gasteiger partial charge >= 0.3 is 0 Å². The highest BCUT2D eigenvalue weighted by atomic mass is 14.8. The first-order chi connectivity index (χ1) is 7.88. The summed E-state index contributed by atoms with van der Waals surface area (Å²) in [6, 6.07) is 12.3. The van der Waals surface area contributed by atoms with Crippen LogP contribution >= 0.6 is 0 Å². The highest BCUT2D eigenvalue weighted by Crippen LogP contribution is 2.20. The maximum atomic E-state index is 4.69. The zero-order valence-corrected chi connectivity index (χ0v) is 9.14. The molecular weight excluding hydrogens is 196 g/mol. The molecule has 0 fully saturated rings. The molecular formula is C14H12N2. The summed E-state index contributed by atoms with van der Waals surface area (Å²) in [5, 5.41) is 1.15. The van der Waals surface area contributed by atoms with Gasteiger partial charge in [-0.2, -0.15) is 0 Å². The lowest BCUT2D eigenvalue weighted by molar-refractivity contribution is 1.14. The number of benzene rings is 1. The second-order valence-electron chi connectivity index (χ2n) is 3.87. The number of hydrogen-bond acceptors (Lipinski definition) is 2.